The molecule has 0 spiro atoms. The lowest BCUT2D eigenvalue weighted by Crippen LogP contribution is -2.43. The van der Waals surface area contributed by atoms with Crippen LogP contribution in [0.25, 0.3) is 0 Å². The molecule has 2 heteroatoms. The van der Waals surface area contributed by atoms with Crippen LogP contribution in [0.15, 0.2) is 23.8 Å². The van der Waals surface area contributed by atoms with Crippen molar-refractivity contribution in [3.05, 3.63) is 23.8 Å². The molecule has 16 heavy (non-hydrogen) atoms. The van der Waals surface area contributed by atoms with Crippen LogP contribution < -0.4 is 0 Å². The Kier molecular flexibility index (Phi) is 2.71. The second-order valence-electron chi connectivity index (χ2n) is 5.70. The number of aliphatic hydroxyl groups excluding tert-OH is 1. The molecule has 0 bridgehead atoms. The van der Waals surface area contributed by atoms with E-state index in [0.29, 0.717) is 11.8 Å². The molecule has 0 amide bonds. The molecule has 2 radical (unpaired) electrons. The Hall–Kier alpha value is -0.495. The van der Waals surface area contributed by atoms with E-state index in [2.05, 4.69) is 18.2 Å². The quantitative estimate of drug-likeness (QED) is 0.665. The van der Waals surface area contributed by atoms with E-state index >= 15 is 0 Å². The molecule has 0 heterocycles. The summed E-state index contributed by atoms with van der Waals surface area (Å²) in [4.78, 5) is 0. The van der Waals surface area contributed by atoms with Crippen molar-refractivity contribution in [1.82, 2.24) is 0 Å². The monoisotopic (exact) mass is 214 g/mol. The molecule has 0 aromatic rings. The fourth-order valence-electron chi connectivity index (χ4n) is 3.55. The van der Waals surface area contributed by atoms with Crippen molar-refractivity contribution >= 4 is 7.85 Å². The van der Waals surface area contributed by atoms with Gasteiger partial charge in [-0.1, -0.05) is 24.0 Å². The Morgan fingerprint density at radius 1 is 1.25 bits per heavy atom. The van der Waals surface area contributed by atoms with Crippen LogP contribution in [0.1, 0.15) is 32.1 Å². The van der Waals surface area contributed by atoms with Crippen LogP contribution in [0.5, 0.6) is 0 Å². The van der Waals surface area contributed by atoms with Gasteiger partial charge in [0.2, 0.25) is 0 Å². The van der Waals surface area contributed by atoms with Crippen LogP contribution in [0, 0.1) is 17.8 Å². The number of aliphatic hydroxyl groups is 1. The highest BCUT2D eigenvalue weighted by Crippen LogP contribution is 2.49. The lowest BCUT2D eigenvalue weighted by Gasteiger charge is -2.47. The van der Waals surface area contributed by atoms with Crippen molar-refractivity contribution in [3.8, 4) is 0 Å². The van der Waals surface area contributed by atoms with Gasteiger partial charge in [-0.25, -0.2) is 0 Å². The minimum atomic E-state index is -0.0533. The zero-order valence-electron chi connectivity index (χ0n) is 9.68. The molecule has 0 aliphatic heterocycles. The summed E-state index contributed by atoms with van der Waals surface area (Å²) >= 11 is 0. The van der Waals surface area contributed by atoms with Gasteiger partial charge in [0.05, 0.1) is 14.0 Å². The number of allylic oxidation sites excluding steroid dienone is 4. The molecule has 3 aliphatic rings. The van der Waals surface area contributed by atoms with Crippen molar-refractivity contribution in [2.24, 2.45) is 17.8 Å². The fourth-order valence-corrected chi connectivity index (χ4v) is 3.55. The lowest BCUT2D eigenvalue weighted by atomic mass is 9.60. The van der Waals surface area contributed by atoms with Crippen LogP contribution in [-0.4, -0.2) is 19.1 Å². The molecule has 2 fully saturated rings. The zero-order chi connectivity index (χ0) is 11.1. The molecule has 1 nitrogen and oxygen atoms in total. The molecular weight excluding hydrogens is 195 g/mol. The normalized spacial score (nSPS) is 46.8. The highest BCUT2D eigenvalue weighted by atomic mass is 16.3. The topological polar surface area (TPSA) is 20.2 Å². The van der Waals surface area contributed by atoms with Crippen molar-refractivity contribution in [2.75, 3.05) is 0 Å². The summed E-state index contributed by atoms with van der Waals surface area (Å²) in [6.07, 6.45) is 12.3. The summed E-state index contributed by atoms with van der Waals surface area (Å²) in [7, 11) is 5.83. The summed E-state index contributed by atoms with van der Waals surface area (Å²) in [5.74, 6) is 2.19. The zero-order valence-corrected chi connectivity index (χ0v) is 9.68. The third-order valence-corrected chi connectivity index (χ3v) is 4.72. The Labute approximate surface area is 99.0 Å². The van der Waals surface area contributed by atoms with Crippen LogP contribution in [0.4, 0.5) is 0 Å². The van der Waals surface area contributed by atoms with E-state index < -0.39 is 0 Å². The van der Waals surface area contributed by atoms with Crippen LogP contribution in [-0.2, 0) is 0 Å². The average molecular weight is 214 g/mol. The third-order valence-electron chi connectivity index (χ3n) is 4.72. The van der Waals surface area contributed by atoms with Gasteiger partial charge in [-0.15, -0.1) is 0 Å². The maximum Gasteiger partial charge on any atom is 0.0759 e. The number of hydrogen-bond acceptors (Lipinski definition) is 1. The third kappa shape index (κ3) is 1.77. The first-order chi connectivity index (χ1) is 7.74. The van der Waals surface area contributed by atoms with Crippen LogP contribution in [0.3, 0.4) is 0 Å². The summed E-state index contributed by atoms with van der Waals surface area (Å²) in [6, 6.07) is 0. The van der Waals surface area contributed by atoms with E-state index in [-0.39, 0.29) is 11.9 Å². The van der Waals surface area contributed by atoms with E-state index in [1.807, 2.05) is 0 Å². The number of hydrogen-bond donors (Lipinski definition) is 1. The minimum Gasteiger partial charge on any atom is -0.393 e. The van der Waals surface area contributed by atoms with Crippen molar-refractivity contribution in [1.29, 1.82) is 0 Å². The first-order valence-corrected chi connectivity index (χ1v) is 6.56. The van der Waals surface area contributed by atoms with Gasteiger partial charge in [-0.3, -0.25) is 0 Å². The Bertz CT molecular complexity index is 326. The smallest absolute Gasteiger partial charge is 0.0759 e. The highest BCUT2D eigenvalue weighted by Gasteiger charge is 2.42. The largest absolute Gasteiger partial charge is 0.393 e. The van der Waals surface area contributed by atoms with Gasteiger partial charge in [0.25, 0.3) is 0 Å². The molecule has 0 aromatic carbocycles. The first kappa shape index (κ1) is 10.6. The van der Waals surface area contributed by atoms with E-state index in [9.17, 15) is 5.11 Å². The van der Waals surface area contributed by atoms with Crippen LogP contribution in [0.2, 0.25) is 5.82 Å². The highest BCUT2D eigenvalue weighted by molar-refractivity contribution is 6.13. The van der Waals surface area contributed by atoms with Gasteiger partial charge in [-0.05, 0) is 55.4 Å². The Balaban J connectivity index is 1.69. The molecule has 3 rings (SSSR count). The first-order valence-electron chi connectivity index (χ1n) is 6.56. The summed E-state index contributed by atoms with van der Waals surface area (Å²) in [6.45, 7) is 0. The molecule has 5 unspecified atom stereocenters. The predicted molar refractivity (Wildman–Crippen MR) is 66.3 cm³/mol. The SMILES string of the molecule is [B]C1C=CC(C2CC(O)C3CCC3C2)=CC1. The number of fused-ring (bicyclic) bond motifs is 1. The lowest BCUT2D eigenvalue weighted by molar-refractivity contribution is -0.0396. The fraction of sp³-hybridized carbons (Fsp3) is 0.714. The second-order valence-corrected chi connectivity index (χ2v) is 5.70. The maximum atomic E-state index is 10.1. The number of rotatable bonds is 1. The molecule has 0 saturated heterocycles. The summed E-state index contributed by atoms with van der Waals surface area (Å²) in [5.41, 5.74) is 1.42. The molecule has 84 valence electrons. The Morgan fingerprint density at radius 3 is 2.69 bits per heavy atom. The maximum absolute atomic E-state index is 10.1. The van der Waals surface area contributed by atoms with Gasteiger partial charge in [0, 0.05) is 0 Å². The van der Waals surface area contributed by atoms with Gasteiger partial charge in [0.1, 0.15) is 0 Å². The summed E-state index contributed by atoms with van der Waals surface area (Å²) in [5, 5.41) is 10.1. The molecule has 0 aromatic heterocycles. The average Bonchev–Trinajstić information content (AvgIpc) is 2.22. The van der Waals surface area contributed by atoms with Crippen LogP contribution >= 0.6 is 0 Å². The molecule has 2 saturated carbocycles. The van der Waals surface area contributed by atoms with Crippen molar-refractivity contribution in [3.63, 3.8) is 0 Å². The van der Waals surface area contributed by atoms with E-state index in [1.54, 1.807) is 0 Å². The molecule has 5 atom stereocenters. The predicted octanol–water partition coefficient (Wildman–Crippen LogP) is 2.63. The summed E-state index contributed by atoms with van der Waals surface area (Å²) < 4.78 is 0. The van der Waals surface area contributed by atoms with Gasteiger partial charge in [0.15, 0.2) is 0 Å². The van der Waals surface area contributed by atoms with E-state index in [1.165, 1.54) is 24.8 Å². The molecule has 3 aliphatic carbocycles. The molecule has 1 N–H and O–H groups in total. The van der Waals surface area contributed by atoms with Crippen molar-refractivity contribution in [2.45, 2.75) is 44.0 Å². The minimum absolute atomic E-state index is 0.0533. The van der Waals surface area contributed by atoms with Gasteiger partial charge < -0.3 is 5.11 Å². The van der Waals surface area contributed by atoms with Gasteiger partial charge in [-0.2, -0.15) is 0 Å². The Morgan fingerprint density at radius 2 is 2.12 bits per heavy atom. The van der Waals surface area contributed by atoms with Crippen molar-refractivity contribution < 1.29 is 5.11 Å². The standard InChI is InChI=1S/C14H19BO/c15-12-4-1-9(2-5-12)11-7-10-3-6-13(10)14(16)8-11/h1-2,4,10-14,16H,3,5-8H2. The second kappa shape index (κ2) is 4.07. The van der Waals surface area contributed by atoms with E-state index in [0.717, 1.165) is 18.8 Å². The molecular formula is C14H19BO. The van der Waals surface area contributed by atoms with Gasteiger partial charge >= 0.3 is 0 Å². The van der Waals surface area contributed by atoms with E-state index in [4.69, 9.17) is 7.85 Å².